The van der Waals surface area contributed by atoms with Crippen molar-refractivity contribution in [3.05, 3.63) is 72.3 Å². The molecule has 0 N–H and O–H groups in total. The Kier molecular flexibility index (Phi) is 4.34. The monoisotopic (exact) mass is 318 g/mol. The molecule has 2 aromatic carbocycles. The Morgan fingerprint density at radius 1 is 1.12 bits per heavy atom. The molecule has 0 spiro atoms. The quantitative estimate of drug-likeness (QED) is 0.730. The van der Waals surface area contributed by atoms with Gasteiger partial charge < -0.3 is 0 Å². The number of hydrogen-bond acceptors (Lipinski definition) is 2. The molecule has 24 heavy (non-hydrogen) atoms. The molecule has 3 heteroatoms. The zero-order valence-electron chi connectivity index (χ0n) is 14.4. The molecular weight excluding hydrogens is 296 g/mol. The van der Waals surface area contributed by atoms with Crippen LogP contribution in [0, 0.1) is 0 Å². The number of nitrogens with zero attached hydrogens (tertiary/aromatic N) is 2. The minimum atomic E-state index is -0.892. The van der Waals surface area contributed by atoms with Crippen molar-refractivity contribution in [1.29, 1.82) is 0 Å². The van der Waals surface area contributed by atoms with Crippen LogP contribution in [0.1, 0.15) is 32.8 Å². The van der Waals surface area contributed by atoms with Crippen LogP contribution in [0.3, 0.4) is 0 Å². The molecule has 122 valence electrons. The summed E-state index contributed by atoms with van der Waals surface area (Å²) in [6.45, 7) is 5.94. The minimum Gasteiger partial charge on any atom is -0.278 e. The number of benzene rings is 2. The fourth-order valence-corrected chi connectivity index (χ4v) is 3.18. The molecule has 0 saturated heterocycles. The van der Waals surface area contributed by atoms with Gasteiger partial charge in [0, 0.05) is 17.0 Å². The largest absolute Gasteiger partial charge is 0.278 e. The zero-order chi connectivity index (χ0) is 17.2. The molecule has 0 bridgehead atoms. The zero-order valence-corrected chi connectivity index (χ0v) is 14.4. The van der Waals surface area contributed by atoms with Gasteiger partial charge in [0.1, 0.15) is 0 Å². The lowest BCUT2D eigenvalue weighted by Gasteiger charge is -2.22. The van der Waals surface area contributed by atoms with Crippen molar-refractivity contribution in [1.82, 2.24) is 0 Å². The van der Waals surface area contributed by atoms with Gasteiger partial charge in [0.25, 0.3) is 5.91 Å². The second kappa shape index (κ2) is 6.44. The van der Waals surface area contributed by atoms with Crippen LogP contribution >= 0.6 is 0 Å². The molecule has 1 amide bonds. The molecule has 1 atom stereocenters. The first-order chi connectivity index (χ1) is 11.6. The first-order valence-electron chi connectivity index (χ1n) is 8.32. The highest BCUT2D eigenvalue weighted by atomic mass is 16.2. The van der Waals surface area contributed by atoms with E-state index in [1.54, 1.807) is 4.90 Å². The van der Waals surface area contributed by atoms with Crippen molar-refractivity contribution in [3.63, 3.8) is 0 Å². The summed E-state index contributed by atoms with van der Waals surface area (Å²) in [7, 11) is 0. The standard InChI is InChI=1S/C21H22N2O/c1-4-11-16(5-2)22-21(3)18-14-9-10-15-19(18)23(20(21)24)17-12-7-6-8-13-17/h4,6-15H,5H2,1-3H3/b11-4-,22-16?. The lowest BCUT2D eigenvalue weighted by Crippen LogP contribution is -2.35. The Morgan fingerprint density at radius 3 is 2.46 bits per heavy atom. The molecule has 0 aliphatic carbocycles. The normalized spacial score (nSPS) is 20.7. The van der Waals surface area contributed by atoms with Gasteiger partial charge in [-0.15, -0.1) is 0 Å². The van der Waals surface area contributed by atoms with Gasteiger partial charge in [0.05, 0.1) is 5.69 Å². The second-order valence-corrected chi connectivity index (χ2v) is 6.02. The van der Waals surface area contributed by atoms with Gasteiger partial charge in [0.15, 0.2) is 5.54 Å². The summed E-state index contributed by atoms with van der Waals surface area (Å²) in [6, 6.07) is 17.7. The van der Waals surface area contributed by atoms with Crippen LogP contribution in [0.4, 0.5) is 11.4 Å². The van der Waals surface area contributed by atoms with Gasteiger partial charge in [-0.1, -0.05) is 49.4 Å². The van der Waals surface area contributed by atoms with Gasteiger partial charge in [-0.25, -0.2) is 0 Å². The van der Waals surface area contributed by atoms with Gasteiger partial charge in [-0.2, -0.15) is 0 Å². The van der Waals surface area contributed by atoms with Crippen LogP contribution in [-0.4, -0.2) is 11.6 Å². The average molecular weight is 318 g/mol. The van der Waals surface area contributed by atoms with E-state index in [0.29, 0.717) is 0 Å². The maximum absolute atomic E-state index is 13.3. The molecule has 1 heterocycles. The molecular formula is C21H22N2O. The number of carbonyl (C=O) groups excluding carboxylic acids is 1. The van der Waals surface area contributed by atoms with Crippen molar-refractivity contribution in [2.45, 2.75) is 32.7 Å². The SMILES string of the molecule is C/C=C\C(CC)=NC1(C)C(=O)N(c2ccccc2)c2ccccc21. The highest BCUT2D eigenvalue weighted by molar-refractivity contribution is 6.13. The highest BCUT2D eigenvalue weighted by Gasteiger charge is 2.48. The minimum absolute atomic E-state index is 0.00893. The Bertz CT molecular complexity index is 808. The fraction of sp³-hybridized carbons (Fsp3) is 0.238. The summed E-state index contributed by atoms with van der Waals surface area (Å²) in [5, 5.41) is 0. The third-order valence-electron chi connectivity index (χ3n) is 4.39. The number of aliphatic imine (C=N–C) groups is 1. The van der Waals surface area contributed by atoms with Crippen molar-refractivity contribution >= 4 is 23.0 Å². The highest BCUT2D eigenvalue weighted by Crippen LogP contribution is 2.46. The summed E-state index contributed by atoms with van der Waals surface area (Å²) in [5.74, 6) is -0.00893. The number of allylic oxidation sites excluding steroid dienone is 2. The lowest BCUT2D eigenvalue weighted by molar-refractivity contribution is -0.121. The average Bonchev–Trinajstić information content (AvgIpc) is 2.83. The van der Waals surface area contributed by atoms with Gasteiger partial charge >= 0.3 is 0 Å². The predicted molar refractivity (Wildman–Crippen MR) is 99.9 cm³/mol. The van der Waals surface area contributed by atoms with Crippen molar-refractivity contribution in [2.24, 2.45) is 4.99 Å². The summed E-state index contributed by atoms with van der Waals surface area (Å²) in [4.78, 5) is 20.0. The molecule has 1 aliphatic rings. The molecule has 0 fully saturated rings. The third kappa shape index (κ3) is 2.56. The van der Waals surface area contributed by atoms with E-state index >= 15 is 0 Å². The third-order valence-corrected chi connectivity index (χ3v) is 4.39. The molecule has 1 unspecified atom stereocenters. The van der Waals surface area contributed by atoms with Crippen molar-refractivity contribution in [3.8, 4) is 0 Å². The maximum Gasteiger partial charge on any atom is 0.263 e. The van der Waals surface area contributed by atoms with Crippen molar-refractivity contribution in [2.75, 3.05) is 4.90 Å². The van der Waals surface area contributed by atoms with Crippen LogP contribution in [-0.2, 0) is 10.3 Å². The van der Waals surface area contributed by atoms with Gasteiger partial charge in [0.2, 0.25) is 0 Å². The van der Waals surface area contributed by atoms with Crippen LogP contribution in [0.25, 0.3) is 0 Å². The summed E-state index contributed by atoms with van der Waals surface area (Å²) in [5.41, 5.74) is 2.78. The topological polar surface area (TPSA) is 32.7 Å². The molecule has 2 aromatic rings. The number of rotatable bonds is 4. The molecule has 0 radical (unpaired) electrons. The van der Waals surface area contributed by atoms with Crippen LogP contribution in [0.5, 0.6) is 0 Å². The number of fused-ring (bicyclic) bond motifs is 1. The summed E-state index contributed by atoms with van der Waals surface area (Å²) in [6.07, 6.45) is 4.74. The molecule has 0 aromatic heterocycles. The Morgan fingerprint density at radius 2 is 1.79 bits per heavy atom. The second-order valence-electron chi connectivity index (χ2n) is 6.02. The van der Waals surface area contributed by atoms with E-state index in [-0.39, 0.29) is 5.91 Å². The Hall–Kier alpha value is -2.68. The molecule has 0 saturated carbocycles. The van der Waals surface area contributed by atoms with Crippen molar-refractivity contribution < 1.29 is 4.79 Å². The van der Waals surface area contributed by atoms with E-state index in [2.05, 4.69) is 6.92 Å². The predicted octanol–water partition coefficient (Wildman–Crippen LogP) is 5.01. The van der Waals surface area contributed by atoms with Crippen LogP contribution < -0.4 is 4.90 Å². The molecule has 3 nitrogen and oxygen atoms in total. The Balaban J connectivity index is 2.18. The van der Waals surface area contributed by atoms with E-state index in [0.717, 1.165) is 29.1 Å². The number of anilines is 2. The molecule has 1 aliphatic heterocycles. The summed E-state index contributed by atoms with van der Waals surface area (Å²) < 4.78 is 0. The first-order valence-corrected chi connectivity index (χ1v) is 8.32. The van der Waals surface area contributed by atoms with E-state index in [1.165, 1.54) is 0 Å². The smallest absolute Gasteiger partial charge is 0.263 e. The number of amides is 1. The van der Waals surface area contributed by atoms with E-state index in [4.69, 9.17) is 4.99 Å². The van der Waals surface area contributed by atoms with Crippen LogP contribution in [0.15, 0.2) is 71.7 Å². The number of hydrogen-bond donors (Lipinski definition) is 0. The van der Waals surface area contributed by atoms with Crippen LogP contribution in [0.2, 0.25) is 0 Å². The summed E-state index contributed by atoms with van der Waals surface area (Å²) >= 11 is 0. The fourth-order valence-electron chi connectivity index (χ4n) is 3.18. The number of para-hydroxylation sites is 2. The van der Waals surface area contributed by atoms with Gasteiger partial charge in [-0.05, 0) is 44.5 Å². The van der Waals surface area contributed by atoms with E-state index in [9.17, 15) is 4.79 Å². The number of carbonyl (C=O) groups is 1. The maximum atomic E-state index is 13.3. The van der Waals surface area contributed by atoms with Gasteiger partial charge in [-0.3, -0.25) is 14.7 Å². The Labute approximate surface area is 143 Å². The van der Waals surface area contributed by atoms with E-state index < -0.39 is 5.54 Å². The first kappa shape index (κ1) is 16.2. The lowest BCUT2D eigenvalue weighted by atomic mass is 9.94. The molecule has 3 rings (SSSR count). The van der Waals surface area contributed by atoms with E-state index in [1.807, 2.05) is 80.6 Å².